The van der Waals surface area contributed by atoms with Crippen LogP contribution < -0.4 is 4.74 Å². The van der Waals surface area contributed by atoms with Crippen molar-refractivity contribution in [2.75, 3.05) is 26.8 Å². The van der Waals surface area contributed by atoms with E-state index in [1.54, 1.807) is 7.11 Å². The summed E-state index contributed by atoms with van der Waals surface area (Å²) in [6.45, 7) is 7.49. The molecular weight excluding hydrogens is 304 g/mol. The first-order chi connectivity index (χ1) is 11.7. The van der Waals surface area contributed by atoms with Crippen LogP contribution in [0.15, 0.2) is 28.7 Å². The number of ether oxygens (including phenoxy) is 2. The highest BCUT2D eigenvalue weighted by molar-refractivity contribution is 5.55. The minimum atomic E-state index is 0.330. The fourth-order valence-electron chi connectivity index (χ4n) is 3.12. The SMILES string of the molecule is CCOc1ccc(-c2nc(CN3CCCC(OC)C3)c(C)o2)cc1. The topological polar surface area (TPSA) is 47.7 Å². The van der Waals surface area contributed by atoms with Crippen molar-refractivity contribution in [1.82, 2.24) is 9.88 Å². The second-order valence-electron chi connectivity index (χ2n) is 6.21. The van der Waals surface area contributed by atoms with Gasteiger partial charge in [0.15, 0.2) is 0 Å². The lowest BCUT2D eigenvalue weighted by Gasteiger charge is -2.31. The van der Waals surface area contributed by atoms with Crippen molar-refractivity contribution in [1.29, 1.82) is 0 Å². The monoisotopic (exact) mass is 330 g/mol. The van der Waals surface area contributed by atoms with Crippen LogP contribution in [0.2, 0.25) is 0 Å². The second kappa shape index (κ2) is 7.81. The molecule has 1 unspecified atom stereocenters. The molecule has 5 heteroatoms. The van der Waals surface area contributed by atoms with E-state index >= 15 is 0 Å². The summed E-state index contributed by atoms with van der Waals surface area (Å²) in [6.07, 6.45) is 2.64. The van der Waals surface area contributed by atoms with Gasteiger partial charge >= 0.3 is 0 Å². The molecule has 0 spiro atoms. The van der Waals surface area contributed by atoms with Crippen molar-refractivity contribution in [2.45, 2.75) is 39.3 Å². The van der Waals surface area contributed by atoms with Gasteiger partial charge in [0.1, 0.15) is 11.5 Å². The van der Waals surface area contributed by atoms with Gasteiger partial charge in [-0.3, -0.25) is 4.90 Å². The molecule has 3 rings (SSSR count). The quantitative estimate of drug-likeness (QED) is 0.809. The molecule has 2 heterocycles. The van der Waals surface area contributed by atoms with Gasteiger partial charge in [-0.25, -0.2) is 4.98 Å². The van der Waals surface area contributed by atoms with E-state index in [4.69, 9.17) is 18.9 Å². The van der Waals surface area contributed by atoms with Crippen LogP contribution in [0.3, 0.4) is 0 Å². The lowest BCUT2D eigenvalue weighted by molar-refractivity contribution is 0.0280. The van der Waals surface area contributed by atoms with Gasteiger partial charge in [-0.2, -0.15) is 0 Å². The van der Waals surface area contributed by atoms with Crippen LogP contribution >= 0.6 is 0 Å². The molecule has 0 amide bonds. The fraction of sp³-hybridized carbons (Fsp3) is 0.526. The van der Waals surface area contributed by atoms with Crippen molar-refractivity contribution in [3.63, 3.8) is 0 Å². The number of oxazole rings is 1. The zero-order chi connectivity index (χ0) is 16.9. The molecule has 1 atom stereocenters. The maximum Gasteiger partial charge on any atom is 0.226 e. The van der Waals surface area contributed by atoms with Gasteiger partial charge in [0.2, 0.25) is 5.89 Å². The highest BCUT2D eigenvalue weighted by atomic mass is 16.5. The van der Waals surface area contributed by atoms with Crippen LogP contribution in [0.5, 0.6) is 5.75 Å². The summed E-state index contributed by atoms with van der Waals surface area (Å²) in [7, 11) is 1.79. The van der Waals surface area contributed by atoms with Crippen LogP contribution in [-0.2, 0) is 11.3 Å². The number of nitrogens with zero attached hydrogens (tertiary/aromatic N) is 2. The number of hydrogen-bond donors (Lipinski definition) is 0. The normalized spacial score (nSPS) is 18.7. The van der Waals surface area contributed by atoms with Gasteiger partial charge in [-0.05, 0) is 57.5 Å². The van der Waals surface area contributed by atoms with Crippen molar-refractivity contribution in [3.05, 3.63) is 35.7 Å². The Bertz CT molecular complexity index is 651. The summed E-state index contributed by atoms with van der Waals surface area (Å²) < 4.78 is 16.9. The third-order valence-corrected chi connectivity index (χ3v) is 4.47. The molecule has 1 aromatic heterocycles. The van der Waals surface area contributed by atoms with Crippen molar-refractivity contribution < 1.29 is 13.9 Å². The predicted molar refractivity (Wildman–Crippen MR) is 93.2 cm³/mol. The largest absolute Gasteiger partial charge is 0.494 e. The second-order valence-corrected chi connectivity index (χ2v) is 6.21. The summed E-state index contributed by atoms with van der Waals surface area (Å²) in [5, 5.41) is 0. The Kier molecular flexibility index (Phi) is 5.53. The molecule has 24 heavy (non-hydrogen) atoms. The van der Waals surface area contributed by atoms with Gasteiger partial charge in [0, 0.05) is 25.8 Å². The molecule has 1 saturated heterocycles. The van der Waals surface area contributed by atoms with E-state index in [9.17, 15) is 0 Å². The van der Waals surface area contributed by atoms with E-state index < -0.39 is 0 Å². The van der Waals surface area contributed by atoms with Crippen LogP contribution in [0.4, 0.5) is 0 Å². The van der Waals surface area contributed by atoms with Gasteiger partial charge in [-0.1, -0.05) is 0 Å². The van der Waals surface area contributed by atoms with Gasteiger partial charge in [-0.15, -0.1) is 0 Å². The number of methoxy groups -OCH3 is 1. The molecule has 0 bridgehead atoms. The van der Waals surface area contributed by atoms with Crippen molar-refractivity contribution in [2.24, 2.45) is 0 Å². The van der Waals surface area contributed by atoms with E-state index in [2.05, 4.69) is 4.90 Å². The van der Waals surface area contributed by atoms with E-state index in [0.29, 0.717) is 18.6 Å². The number of likely N-dealkylation sites (tertiary alicyclic amines) is 1. The van der Waals surface area contributed by atoms with E-state index in [1.807, 2.05) is 38.1 Å². The molecule has 0 saturated carbocycles. The first-order valence-corrected chi connectivity index (χ1v) is 8.64. The zero-order valence-corrected chi connectivity index (χ0v) is 14.7. The molecule has 0 radical (unpaired) electrons. The molecule has 130 valence electrons. The summed E-state index contributed by atoms with van der Waals surface area (Å²) in [5.74, 6) is 2.42. The number of aromatic nitrogens is 1. The molecule has 0 N–H and O–H groups in total. The van der Waals surface area contributed by atoms with E-state index in [0.717, 1.165) is 48.8 Å². The molecule has 1 fully saturated rings. The third kappa shape index (κ3) is 3.97. The lowest BCUT2D eigenvalue weighted by Crippen LogP contribution is -2.38. The predicted octanol–water partition coefficient (Wildman–Crippen LogP) is 3.66. The smallest absolute Gasteiger partial charge is 0.226 e. The Labute approximate surface area is 143 Å². The number of aryl methyl sites for hydroxylation is 1. The van der Waals surface area contributed by atoms with Crippen LogP contribution in [0, 0.1) is 6.92 Å². The minimum absolute atomic E-state index is 0.330. The minimum Gasteiger partial charge on any atom is -0.494 e. The Morgan fingerprint density at radius 2 is 2.08 bits per heavy atom. The van der Waals surface area contributed by atoms with Crippen molar-refractivity contribution >= 4 is 0 Å². The Morgan fingerprint density at radius 1 is 1.29 bits per heavy atom. The van der Waals surface area contributed by atoms with Gasteiger partial charge < -0.3 is 13.9 Å². The average molecular weight is 330 g/mol. The van der Waals surface area contributed by atoms with Gasteiger partial charge in [0.25, 0.3) is 0 Å². The Hall–Kier alpha value is -1.85. The van der Waals surface area contributed by atoms with Crippen LogP contribution in [0.25, 0.3) is 11.5 Å². The Balaban J connectivity index is 1.70. The maximum atomic E-state index is 5.89. The summed E-state index contributed by atoms with van der Waals surface area (Å²) in [4.78, 5) is 7.10. The van der Waals surface area contributed by atoms with E-state index in [1.165, 1.54) is 6.42 Å². The molecular formula is C19H26N2O3. The van der Waals surface area contributed by atoms with Crippen LogP contribution in [0.1, 0.15) is 31.2 Å². The summed E-state index contributed by atoms with van der Waals surface area (Å²) in [5.41, 5.74) is 1.98. The first kappa shape index (κ1) is 17.0. The highest BCUT2D eigenvalue weighted by Crippen LogP contribution is 2.25. The standard InChI is InChI=1S/C19H26N2O3/c1-4-23-16-9-7-15(8-10-16)19-20-18(14(2)24-19)13-21-11-5-6-17(12-21)22-3/h7-10,17H,4-6,11-13H2,1-3H3. The fourth-order valence-corrected chi connectivity index (χ4v) is 3.12. The average Bonchev–Trinajstić information content (AvgIpc) is 2.97. The molecule has 1 aliphatic rings. The third-order valence-electron chi connectivity index (χ3n) is 4.47. The van der Waals surface area contributed by atoms with Crippen LogP contribution in [-0.4, -0.2) is 42.8 Å². The number of hydrogen-bond acceptors (Lipinski definition) is 5. The lowest BCUT2D eigenvalue weighted by atomic mass is 10.1. The maximum absolute atomic E-state index is 5.89. The van der Waals surface area contributed by atoms with Gasteiger partial charge in [0.05, 0.1) is 18.4 Å². The van der Waals surface area contributed by atoms with E-state index in [-0.39, 0.29) is 0 Å². The number of rotatable bonds is 6. The molecule has 2 aromatic rings. The highest BCUT2D eigenvalue weighted by Gasteiger charge is 2.22. The molecule has 0 aliphatic carbocycles. The number of piperidine rings is 1. The van der Waals surface area contributed by atoms with Crippen molar-refractivity contribution in [3.8, 4) is 17.2 Å². The first-order valence-electron chi connectivity index (χ1n) is 8.64. The summed E-state index contributed by atoms with van der Waals surface area (Å²) >= 11 is 0. The summed E-state index contributed by atoms with van der Waals surface area (Å²) in [6, 6.07) is 7.88. The molecule has 5 nitrogen and oxygen atoms in total. The Morgan fingerprint density at radius 3 is 2.79 bits per heavy atom. The molecule has 1 aliphatic heterocycles. The zero-order valence-electron chi connectivity index (χ0n) is 14.7. The molecule has 1 aromatic carbocycles. The number of benzene rings is 1.